The molecule has 0 radical (unpaired) electrons. The zero-order chi connectivity index (χ0) is 27.1. The first-order valence-corrected chi connectivity index (χ1v) is 18.4. The number of aryl methyl sites for hydroxylation is 1. The highest BCUT2D eigenvalue weighted by Crippen LogP contribution is 2.63. The van der Waals surface area contributed by atoms with E-state index in [1.807, 2.05) is 7.11 Å². The predicted octanol–water partition coefficient (Wildman–Crippen LogP) is 10.5. The Kier molecular flexibility index (Phi) is 9.01. The Balaban J connectivity index is 1.63. The van der Waals surface area contributed by atoms with E-state index in [4.69, 9.17) is 9.16 Å². The van der Waals surface area contributed by atoms with E-state index < -0.39 is 8.32 Å². The Morgan fingerprint density at radius 3 is 2.27 bits per heavy atom. The monoisotopic (exact) mass is 588 g/mol. The molecule has 1 aromatic rings. The lowest BCUT2D eigenvalue weighted by Crippen LogP contribution is -2.50. The van der Waals surface area contributed by atoms with Crippen molar-refractivity contribution < 1.29 is 9.16 Å². The normalized spacial score (nSPS) is 28.1. The number of halogens is 1. The fourth-order valence-corrected chi connectivity index (χ4v) is 14.8. The average Bonchev–Trinajstić information content (AvgIpc) is 3.21. The van der Waals surface area contributed by atoms with E-state index in [1.54, 1.807) is 11.1 Å². The molecule has 3 aliphatic carbocycles. The second kappa shape index (κ2) is 11.4. The first-order valence-electron chi connectivity index (χ1n) is 15.2. The van der Waals surface area contributed by atoms with E-state index in [2.05, 4.69) is 89.5 Å². The van der Waals surface area contributed by atoms with Crippen molar-refractivity contribution >= 4 is 24.2 Å². The van der Waals surface area contributed by atoms with Gasteiger partial charge in [-0.1, -0.05) is 83.0 Å². The minimum atomic E-state index is -2.04. The molecule has 0 aliphatic heterocycles. The molecule has 0 unspecified atom stereocenters. The molecule has 0 aromatic heterocycles. The minimum absolute atomic E-state index is 0.397. The maximum absolute atomic E-state index is 7.17. The molecule has 2 nitrogen and oxygen atoms in total. The van der Waals surface area contributed by atoms with Crippen molar-refractivity contribution in [2.24, 2.45) is 23.2 Å². The van der Waals surface area contributed by atoms with Crippen molar-refractivity contribution in [1.82, 2.24) is 0 Å². The average molecular weight is 590 g/mol. The van der Waals surface area contributed by atoms with Gasteiger partial charge in [-0.25, -0.2) is 0 Å². The molecule has 0 spiro atoms. The van der Waals surface area contributed by atoms with Crippen LogP contribution < -0.4 is 9.16 Å². The quantitative estimate of drug-likeness (QED) is 0.154. The number of hydrogen-bond acceptors (Lipinski definition) is 2. The second-order valence-corrected chi connectivity index (χ2v) is 19.8. The van der Waals surface area contributed by atoms with Gasteiger partial charge in [0.15, 0.2) is 5.75 Å². The summed E-state index contributed by atoms with van der Waals surface area (Å²) in [6.07, 6.45) is 11.7. The SMILES string of the molecule is COc1cc2c(cc1O[Si](C(C)C)(C(C)C)C(C)C)CC[C@@H]1[C@@H]2CC[C@]2(C)C([C@H](C)CCCBr)=CC[C@@H]12. The van der Waals surface area contributed by atoms with Crippen LogP contribution in [0.4, 0.5) is 0 Å². The summed E-state index contributed by atoms with van der Waals surface area (Å²) in [5, 5.41) is 1.12. The number of alkyl halides is 1. The lowest BCUT2D eigenvalue weighted by Gasteiger charge is -2.51. The molecule has 0 amide bonds. The van der Waals surface area contributed by atoms with E-state index in [-0.39, 0.29) is 0 Å². The molecular weight excluding hydrogens is 536 g/mol. The standard InChI is InChI=1S/C33H53BrO2Si/c1-21(2)37(22(3)4,23(5)6)36-32-19-25-12-13-27-26(28(25)20-31(32)35-9)16-17-33(8)29(14-15-30(27)33)24(7)11-10-18-34/h14,19-24,26-27,30H,10-13,15-18H2,1-9H3/t24-,26+,27-,30+,33-/m1/s1. The van der Waals surface area contributed by atoms with Crippen molar-refractivity contribution in [3.8, 4) is 11.5 Å². The third kappa shape index (κ3) is 5.01. The Bertz CT molecular complexity index is 961. The Hall–Kier alpha value is -0.743. The predicted molar refractivity (Wildman–Crippen MR) is 165 cm³/mol. The number of fused-ring (bicyclic) bond motifs is 5. The lowest BCUT2D eigenvalue weighted by molar-refractivity contribution is 0.0687. The molecule has 4 heteroatoms. The van der Waals surface area contributed by atoms with Crippen LogP contribution in [-0.4, -0.2) is 20.8 Å². The summed E-state index contributed by atoms with van der Waals surface area (Å²) >= 11 is 3.65. The summed E-state index contributed by atoms with van der Waals surface area (Å²) in [7, 11) is -0.211. The number of benzene rings is 1. The van der Waals surface area contributed by atoms with Gasteiger partial charge < -0.3 is 9.16 Å². The molecule has 208 valence electrons. The van der Waals surface area contributed by atoms with E-state index in [1.165, 1.54) is 50.5 Å². The summed E-state index contributed by atoms with van der Waals surface area (Å²) < 4.78 is 13.2. The highest BCUT2D eigenvalue weighted by molar-refractivity contribution is 9.09. The van der Waals surface area contributed by atoms with Crippen LogP contribution in [-0.2, 0) is 6.42 Å². The van der Waals surface area contributed by atoms with Crippen molar-refractivity contribution in [3.63, 3.8) is 0 Å². The van der Waals surface area contributed by atoms with Crippen molar-refractivity contribution in [3.05, 3.63) is 34.9 Å². The van der Waals surface area contributed by atoms with Crippen molar-refractivity contribution in [1.29, 1.82) is 0 Å². The van der Waals surface area contributed by atoms with Crippen LogP contribution in [0.1, 0.15) is 111 Å². The van der Waals surface area contributed by atoms with Crippen molar-refractivity contribution in [2.45, 2.75) is 123 Å². The summed E-state index contributed by atoms with van der Waals surface area (Å²) in [5.41, 5.74) is 6.92. The number of methoxy groups -OCH3 is 1. The van der Waals surface area contributed by atoms with Gasteiger partial charge in [-0.2, -0.15) is 0 Å². The molecule has 0 N–H and O–H groups in total. The van der Waals surface area contributed by atoms with E-state index >= 15 is 0 Å². The number of hydrogen-bond donors (Lipinski definition) is 0. The number of allylic oxidation sites excluding steroid dienone is 2. The zero-order valence-electron chi connectivity index (χ0n) is 25.1. The lowest BCUT2D eigenvalue weighted by atomic mass is 9.53. The van der Waals surface area contributed by atoms with Gasteiger partial charge in [-0.05, 0) is 114 Å². The minimum Gasteiger partial charge on any atom is -0.540 e. The molecule has 0 heterocycles. The largest absolute Gasteiger partial charge is 0.540 e. The van der Waals surface area contributed by atoms with Crippen LogP contribution in [0, 0.1) is 23.2 Å². The van der Waals surface area contributed by atoms with Crippen LogP contribution in [0.3, 0.4) is 0 Å². The van der Waals surface area contributed by atoms with Crippen LogP contribution >= 0.6 is 15.9 Å². The molecule has 37 heavy (non-hydrogen) atoms. The zero-order valence-corrected chi connectivity index (χ0v) is 27.7. The fraction of sp³-hybridized carbons (Fsp3) is 0.758. The number of ether oxygens (including phenoxy) is 1. The van der Waals surface area contributed by atoms with Gasteiger partial charge in [0.2, 0.25) is 0 Å². The molecular formula is C33H53BrO2Si. The molecule has 4 rings (SSSR count). The Labute approximate surface area is 237 Å². The summed E-state index contributed by atoms with van der Waals surface area (Å²) in [6, 6.07) is 4.79. The van der Waals surface area contributed by atoms with E-state index in [9.17, 15) is 0 Å². The Morgan fingerprint density at radius 2 is 1.68 bits per heavy atom. The maximum atomic E-state index is 7.17. The maximum Gasteiger partial charge on any atom is 0.258 e. The van der Waals surface area contributed by atoms with Gasteiger partial charge >= 0.3 is 0 Å². The number of rotatable bonds is 10. The van der Waals surface area contributed by atoms with Gasteiger partial charge in [0.1, 0.15) is 5.75 Å². The first kappa shape index (κ1) is 29.2. The third-order valence-electron chi connectivity index (χ3n) is 10.9. The van der Waals surface area contributed by atoms with Crippen molar-refractivity contribution in [2.75, 3.05) is 12.4 Å². The molecule has 5 atom stereocenters. The molecule has 1 fully saturated rings. The highest BCUT2D eigenvalue weighted by Gasteiger charge is 2.53. The van der Waals surface area contributed by atoms with Gasteiger partial charge in [0, 0.05) is 5.33 Å². The van der Waals surface area contributed by atoms with Crippen LogP contribution in [0.5, 0.6) is 11.5 Å². The smallest absolute Gasteiger partial charge is 0.258 e. The van der Waals surface area contributed by atoms with Gasteiger partial charge in [0.05, 0.1) is 7.11 Å². The summed E-state index contributed by atoms with van der Waals surface area (Å²) in [6.45, 7) is 19.3. The van der Waals surface area contributed by atoms with Gasteiger partial charge in [-0.15, -0.1) is 0 Å². The molecule has 0 bridgehead atoms. The summed E-state index contributed by atoms with van der Waals surface area (Å²) in [4.78, 5) is 0. The summed E-state index contributed by atoms with van der Waals surface area (Å²) in [5.74, 6) is 4.93. The van der Waals surface area contributed by atoms with Crippen LogP contribution in [0.15, 0.2) is 23.8 Å². The van der Waals surface area contributed by atoms with Gasteiger partial charge in [0.25, 0.3) is 8.32 Å². The fourth-order valence-electron chi connectivity index (χ4n) is 9.26. The molecule has 1 aromatic carbocycles. The topological polar surface area (TPSA) is 18.5 Å². The first-order chi connectivity index (χ1) is 17.5. The van der Waals surface area contributed by atoms with Crippen LogP contribution in [0.25, 0.3) is 0 Å². The third-order valence-corrected chi connectivity index (χ3v) is 17.5. The molecule has 0 saturated heterocycles. The van der Waals surface area contributed by atoms with Crippen LogP contribution in [0.2, 0.25) is 16.6 Å². The van der Waals surface area contributed by atoms with E-state index in [0.717, 1.165) is 28.7 Å². The van der Waals surface area contributed by atoms with Gasteiger partial charge in [-0.3, -0.25) is 0 Å². The highest BCUT2D eigenvalue weighted by atomic mass is 79.9. The van der Waals surface area contributed by atoms with E-state index in [0.29, 0.717) is 33.9 Å². The molecule has 1 saturated carbocycles. The molecule has 3 aliphatic rings. The second-order valence-electron chi connectivity index (χ2n) is 13.6. The Morgan fingerprint density at radius 1 is 1.00 bits per heavy atom.